The van der Waals surface area contributed by atoms with Gasteiger partial charge in [0.15, 0.2) is 0 Å². The molecule has 0 spiro atoms. The van der Waals surface area contributed by atoms with Crippen LogP contribution < -0.4 is 5.56 Å². The van der Waals surface area contributed by atoms with Crippen LogP contribution in [-0.2, 0) is 4.74 Å². The van der Waals surface area contributed by atoms with Gasteiger partial charge in [-0.25, -0.2) is 4.79 Å². The van der Waals surface area contributed by atoms with Crippen molar-refractivity contribution in [1.82, 2.24) is 9.55 Å². The van der Waals surface area contributed by atoms with E-state index in [4.69, 9.17) is 4.74 Å². The van der Waals surface area contributed by atoms with Crippen molar-refractivity contribution >= 4 is 21.9 Å². The highest BCUT2D eigenvalue weighted by atomic mass is 79.9. The third kappa shape index (κ3) is 3.08. The molecule has 0 N–H and O–H groups in total. The molecule has 0 aromatic carbocycles. The standard InChI is InChI=1S/C13H11BrN2O3/c1-2-19-13(18)9-3-4-12(17)16(8-9)11-5-10(14)6-15-7-11/h3-8H,2H2,1H3. The van der Waals surface area contributed by atoms with E-state index in [-0.39, 0.29) is 12.2 Å². The molecule has 0 bridgehead atoms. The molecule has 0 atom stereocenters. The van der Waals surface area contributed by atoms with Crippen LogP contribution in [0.1, 0.15) is 17.3 Å². The predicted molar refractivity (Wildman–Crippen MR) is 73.5 cm³/mol. The maximum atomic E-state index is 11.8. The Morgan fingerprint density at radius 1 is 1.42 bits per heavy atom. The van der Waals surface area contributed by atoms with Crippen LogP contribution in [0.2, 0.25) is 0 Å². The van der Waals surface area contributed by atoms with Crippen molar-refractivity contribution in [3.63, 3.8) is 0 Å². The van der Waals surface area contributed by atoms with Gasteiger partial charge in [-0.05, 0) is 35.0 Å². The number of aromatic nitrogens is 2. The molecule has 0 amide bonds. The zero-order valence-corrected chi connectivity index (χ0v) is 11.8. The van der Waals surface area contributed by atoms with Gasteiger partial charge in [-0.15, -0.1) is 0 Å². The number of pyridine rings is 2. The van der Waals surface area contributed by atoms with Crippen LogP contribution in [0.25, 0.3) is 5.69 Å². The van der Waals surface area contributed by atoms with E-state index >= 15 is 0 Å². The van der Waals surface area contributed by atoms with E-state index in [1.807, 2.05) is 0 Å². The summed E-state index contributed by atoms with van der Waals surface area (Å²) in [6.45, 7) is 2.02. The van der Waals surface area contributed by atoms with Gasteiger partial charge in [-0.2, -0.15) is 0 Å². The second-order valence-corrected chi connectivity index (χ2v) is 4.62. The third-order valence-electron chi connectivity index (χ3n) is 2.39. The Balaban J connectivity index is 2.48. The Kier molecular flexibility index (Phi) is 4.11. The lowest BCUT2D eigenvalue weighted by Crippen LogP contribution is -2.19. The molecule has 2 aromatic rings. The average molecular weight is 323 g/mol. The zero-order chi connectivity index (χ0) is 13.8. The summed E-state index contributed by atoms with van der Waals surface area (Å²) in [6.07, 6.45) is 4.61. The van der Waals surface area contributed by atoms with Gasteiger partial charge >= 0.3 is 5.97 Å². The van der Waals surface area contributed by atoms with Crippen molar-refractivity contribution in [3.05, 3.63) is 57.2 Å². The normalized spacial score (nSPS) is 10.2. The molecule has 0 fully saturated rings. The molecule has 0 aliphatic heterocycles. The largest absolute Gasteiger partial charge is 0.462 e. The molecule has 98 valence electrons. The van der Waals surface area contributed by atoms with E-state index in [9.17, 15) is 9.59 Å². The van der Waals surface area contributed by atoms with Gasteiger partial charge in [-0.3, -0.25) is 14.3 Å². The number of esters is 1. The highest BCUT2D eigenvalue weighted by Crippen LogP contribution is 2.12. The number of hydrogen-bond acceptors (Lipinski definition) is 4. The zero-order valence-electron chi connectivity index (χ0n) is 10.2. The van der Waals surface area contributed by atoms with Gasteiger partial charge in [0.25, 0.3) is 5.56 Å². The maximum absolute atomic E-state index is 11.8. The molecule has 0 saturated carbocycles. The van der Waals surface area contributed by atoms with E-state index in [1.165, 1.54) is 22.9 Å². The number of nitrogens with zero attached hydrogens (tertiary/aromatic N) is 2. The summed E-state index contributed by atoms with van der Waals surface area (Å²) in [6, 6.07) is 4.51. The molecule has 19 heavy (non-hydrogen) atoms. The Morgan fingerprint density at radius 3 is 2.89 bits per heavy atom. The number of rotatable bonds is 3. The molecular weight excluding hydrogens is 312 g/mol. The van der Waals surface area contributed by atoms with Crippen LogP contribution in [0, 0.1) is 0 Å². The highest BCUT2D eigenvalue weighted by molar-refractivity contribution is 9.10. The minimum Gasteiger partial charge on any atom is -0.462 e. The number of carbonyl (C=O) groups excluding carboxylic acids is 1. The molecule has 0 aliphatic carbocycles. The first-order valence-corrected chi connectivity index (χ1v) is 6.42. The SMILES string of the molecule is CCOC(=O)c1ccc(=O)n(-c2cncc(Br)c2)c1. The maximum Gasteiger partial charge on any atom is 0.339 e. The summed E-state index contributed by atoms with van der Waals surface area (Å²) in [5.41, 5.74) is 0.653. The second kappa shape index (κ2) is 5.79. The fraction of sp³-hybridized carbons (Fsp3) is 0.154. The molecule has 2 heterocycles. The molecular formula is C13H11BrN2O3. The van der Waals surface area contributed by atoms with Crippen LogP contribution in [0.4, 0.5) is 0 Å². The first-order chi connectivity index (χ1) is 9.11. The van der Waals surface area contributed by atoms with Gasteiger partial charge in [0.2, 0.25) is 0 Å². The second-order valence-electron chi connectivity index (χ2n) is 3.71. The fourth-order valence-corrected chi connectivity index (χ4v) is 1.91. The fourth-order valence-electron chi connectivity index (χ4n) is 1.56. The predicted octanol–water partition coefficient (Wildman–Crippen LogP) is 2.17. The quantitative estimate of drug-likeness (QED) is 0.812. The van der Waals surface area contributed by atoms with Crippen molar-refractivity contribution in [2.24, 2.45) is 0 Å². The van der Waals surface area contributed by atoms with Crippen molar-refractivity contribution in [1.29, 1.82) is 0 Å². The van der Waals surface area contributed by atoms with E-state index in [2.05, 4.69) is 20.9 Å². The Morgan fingerprint density at radius 2 is 2.21 bits per heavy atom. The smallest absolute Gasteiger partial charge is 0.339 e. The number of ether oxygens (including phenoxy) is 1. The van der Waals surface area contributed by atoms with Crippen molar-refractivity contribution in [3.8, 4) is 5.69 Å². The summed E-state index contributed by atoms with van der Waals surface area (Å²) in [5, 5.41) is 0. The van der Waals surface area contributed by atoms with Crippen molar-refractivity contribution in [2.75, 3.05) is 6.61 Å². The highest BCUT2D eigenvalue weighted by Gasteiger charge is 2.09. The van der Waals surface area contributed by atoms with Gasteiger partial charge < -0.3 is 4.74 Å². The molecule has 6 heteroatoms. The van der Waals surface area contributed by atoms with Gasteiger partial charge in [0.1, 0.15) is 0 Å². The van der Waals surface area contributed by atoms with Crippen LogP contribution >= 0.6 is 15.9 Å². The van der Waals surface area contributed by atoms with Crippen molar-refractivity contribution in [2.45, 2.75) is 6.92 Å². The van der Waals surface area contributed by atoms with Crippen LogP contribution in [0.3, 0.4) is 0 Å². The van der Waals surface area contributed by atoms with Crippen molar-refractivity contribution < 1.29 is 9.53 Å². The average Bonchev–Trinajstić information content (AvgIpc) is 2.39. The monoisotopic (exact) mass is 322 g/mol. The minimum absolute atomic E-state index is 0.243. The first-order valence-electron chi connectivity index (χ1n) is 5.62. The summed E-state index contributed by atoms with van der Waals surface area (Å²) in [5.74, 6) is -0.459. The number of halogens is 1. The van der Waals surface area contributed by atoms with E-state index in [1.54, 1.807) is 25.4 Å². The molecule has 2 aromatic heterocycles. The summed E-state index contributed by atoms with van der Waals surface area (Å²) >= 11 is 3.29. The molecule has 0 aliphatic rings. The summed E-state index contributed by atoms with van der Waals surface area (Å²) in [7, 11) is 0. The van der Waals surface area contributed by atoms with Crippen LogP contribution in [0.15, 0.2) is 46.1 Å². The third-order valence-corrected chi connectivity index (χ3v) is 2.82. The lowest BCUT2D eigenvalue weighted by atomic mass is 10.2. The molecule has 0 unspecified atom stereocenters. The first kappa shape index (κ1) is 13.5. The molecule has 0 saturated heterocycles. The molecule has 2 rings (SSSR count). The van der Waals surface area contributed by atoms with E-state index in [0.717, 1.165) is 4.47 Å². The topological polar surface area (TPSA) is 61.2 Å². The minimum atomic E-state index is -0.459. The van der Waals surface area contributed by atoms with Crippen LogP contribution in [-0.4, -0.2) is 22.1 Å². The van der Waals surface area contributed by atoms with Crippen LogP contribution in [0.5, 0.6) is 0 Å². The van der Waals surface area contributed by atoms with Gasteiger partial charge in [0.05, 0.1) is 24.1 Å². The van der Waals surface area contributed by atoms with Gasteiger partial charge in [0, 0.05) is 22.9 Å². The molecule has 5 nitrogen and oxygen atoms in total. The van der Waals surface area contributed by atoms with E-state index < -0.39 is 5.97 Å². The Hall–Kier alpha value is -1.95. The number of carbonyl (C=O) groups is 1. The summed E-state index contributed by atoms with van der Waals surface area (Å²) < 4.78 is 7.00. The van der Waals surface area contributed by atoms with Gasteiger partial charge in [-0.1, -0.05) is 0 Å². The Bertz CT molecular complexity index is 667. The molecule has 0 radical (unpaired) electrons. The summed E-state index contributed by atoms with van der Waals surface area (Å²) in [4.78, 5) is 27.5. The number of hydrogen-bond donors (Lipinski definition) is 0. The lowest BCUT2D eigenvalue weighted by molar-refractivity contribution is 0.0525. The lowest BCUT2D eigenvalue weighted by Gasteiger charge is -2.07. The Labute approximate surface area is 118 Å². The van der Waals surface area contributed by atoms with E-state index in [0.29, 0.717) is 11.3 Å².